The van der Waals surface area contributed by atoms with E-state index in [1.807, 2.05) is 0 Å². The highest BCUT2D eigenvalue weighted by molar-refractivity contribution is 7.92. The smallest absolute Gasteiger partial charge is 0.355 e. The Hall–Kier alpha value is -3.64. The molecule has 0 unspecified atom stereocenters. The molecule has 1 atom stereocenters. The second-order valence-electron chi connectivity index (χ2n) is 8.96. The molecule has 2 amide bonds. The van der Waals surface area contributed by atoms with Crippen LogP contribution >= 0.6 is 11.6 Å². The molecule has 3 aromatic rings. The van der Waals surface area contributed by atoms with Crippen molar-refractivity contribution in [2.45, 2.75) is 43.9 Å². The Morgan fingerprint density at radius 2 is 1.61 bits per heavy atom. The zero-order chi connectivity index (χ0) is 30.4. The fourth-order valence-corrected chi connectivity index (χ4v) is 5.83. The minimum absolute atomic E-state index is 0.133. The fourth-order valence-electron chi connectivity index (χ4n) is 4.11. The second-order valence-corrected chi connectivity index (χ2v) is 11.2. The summed E-state index contributed by atoms with van der Waals surface area (Å²) in [6.07, 6.45) is -4.69. The number of hydrogen-bond donors (Lipinski definition) is 1. The number of benzene rings is 3. The Morgan fingerprint density at radius 3 is 2.17 bits per heavy atom. The molecule has 0 aliphatic carbocycles. The van der Waals surface area contributed by atoms with Gasteiger partial charge in [-0.1, -0.05) is 48.9 Å². The van der Waals surface area contributed by atoms with E-state index in [0.29, 0.717) is 22.0 Å². The van der Waals surface area contributed by atoms with Gasteiger partial charge in [0.15, 0.2) is 0 Å². The number of alkyl halides is 3. The average Bonchev–Trinajstić information content (AvgIpc) is 2.93. The number of rotatable bonds is 11. The molecule has 0 aliphatic rings. The highest BCUT2D eigenvalue weighted by Gasteiger charge is 2.36. The number of likely N-dealkylation sites (N-methyl/N-ethyl adjacent to an activating group) is 1. The molecule has 0 aliphatic heterocycles. The Labute approximate surface area is 240 Å². The quantitative estimate of drug-likeness (QED) is 0.284. The SMILES string of the molecule is CCNC(=O)[C@H](CC)N(Cc1ccc(F)cc1)C(=O)CN(c1cc(C(F)(F)F)ccc1Cl)S(=O)(=O)c1ccccc1. The van der Waals surface area contributed by atoms with Crippen LogP contribution in [0.3, 0.4) is 0 Å². The summed E-state index contributed by atoms with van der Waals surface area (Å²) in [4.78, 5) is 27.6. The highest BCUT2D eigenvalue weighted by Crippen LogP contribution is 2.37. The number of nitrogens with one attached hydrogen (secondary N) is 1. The van der Waals surface area contributed by atoms with Crippen LogP contribution < -0.4 is 9.62 Å². The standard InChI is InChI=1S/C28H28ClF4N3O4S/c1-3-24(27(38)34-4-2)35(17-19-10-13-21(30)14-11-19)26(37)18-36(41(39,40)22-8-6-5-7-9-22)25-16-20(28(31,32)33)12-15-23(25)29/h5-16,24H,3-4,17-18H2,1-2H3,(H,34,38)/t24-/m0/s1. The molecule has 0 fully saturated rings. The summed E-state index contributed by atoms with van der Waals surface area (Å²) in [7, 11) is -4.62. The molecule has 0 spiro atoms. The number of hydrogen-bond acceptors (Lipinski definition) is 4. The molecule has 1 N–H and O–H groups in total. The lowest BCUT2D eigenvalue weighted by molar-refractivity contribution is -0.140. The Balaban J connectivity index is 2.15. The van der Waals surface area contributed by atoms with E-state index in [4.69, 9.17) is 11.6 Å². The highest BCUT2D eigenvalue weighted by atomic mass is 35.5. The summed E-state index contributed by atoms with van der Waals surface area (Å²) < 4.78 is 82.4. The van der Waals surface area contributed by atoms with Gasteiger partial charge in [-0.15, -0.1) is 0 Å². The van der Waals surface area contributed by atoms with Gasteiger partial charge in [-0.3, -0.25) is 13.9 Å². The van der Waals surface area contributed by atoms with Gasteiger partial charge in [0.2, 0.25) is 11.8 Å². The first-order valence-corrected chi connectivity index (χ1v) is 14.4. The third kappa shape index (κ3) is 7.76. The van der Waals surface area contributed by atoms with Crippen LogP contribution in [0.1, 0.15) is 31.4 Å². The lowest BCUT2D eigenvalue weighted by Gasteiger charge is -2.33. The third-order valence-electron chi connectivity index (χ3n) is 6.16. The van der Waals surface area contributed by atoms with Gasteiger partial charge < -0.3 is 10.2 Å². The van der Waals surface area contributed by atoms with E-state index in [1.165, 1.54) is 48.5 Å². The van der Waals surface area contributed by atoms with Crippen molar-refractivity contribution in [1.29, 1.82) is 0 Å². The van der Waals surface area contributed by atoms with Crippen LogP contribution in [0.25, 0.3) is 0 Å². The van der Waals surface area contributed by atoms with Crippen LogP contribution in [0.4, 0.5) is 23.2 Å². The molecule has 0 saturated heterocycles. The number of halogens is 5. The summed E-state index contributed by atoms with van der Waals surface area (Å²) >= 11 is 6.23. The lowest BCUT2D eigenvalue weighted by atomic mass is 10.1. The van der Waals surface area contributed by atoms with E-state index >= 15 is 0 Å². The first-order valence-electron chi connectivity index (χ1n) is 12.6. The van der Waals surface area contributed by atoms with Crippen molar-refractivity contribution in [2.75, 3.05) is 17.4 Å². The number of sulfonamides is 1. The molecule has 0 saturated carbocycles. The Kier molecular flexibility index (Phi) is 10.4. The lowest BCUT2D eigenvalue weighted by Crippen LogP contribution is -2.52. The van der Waals surface area contributed by atoms with E-state index in [0.717, 1.165) is 11.0 Å². The average molecular weight is 614 g/mol. The molecule has 0 bridgehead atoms. The molecule has 0 heterocycles. The maximum absolute atomic E-state index is 13.9. The molecule has 3 rings (SSSR count). The molecule has 3 aromatic carbocycles. The largest absolute Gasteiger partial charge is 0.416 e. The van der Waals surface area contributed by atoms with E-state index in [-0.39, 0.29) is 29.4 Å². The topological polar surface area (TPSA) is 86.8 Å². The van der Waals surface area contributed by atoms with Gasteiger partial charge in [0.05, 0.1) is 21.2 Å². The van der Waals surface area contributed by atoms with Crippen molar-refractivity contribution in [2.24, 2.45) is 0 Å². The van der Waals surface area contributed by atoms with Crippen molar-refractivity contribution >= 4 is 39.1 Å². The van der Waals surface area contributed by atoms with Gasteiger partial charge in [-0.05, 0) is 61.4 Å². The van der Waals surface area contributed by atoms with Crippen molar-refractivity contribution in [3.05, 3.63) is 94.8 Å². The van der Waals surface area contributed by atoms with Crippen LogP contribution in [-0.2, 0) is 32.3 Å². The van der Waals surface area contributed by atoms with Gasteiger partial charge in [0.25, 0.3) is 10.0 Å². The molecule has 13 heteroatoms. The number of carbonyl (C=O) groups is 2. The van der Waals surface area contributed by atoms with Crippen molar-refractivity contribution < 1.29 is 35.6 Å². The first kappa shape index (κ1) is 31.9. The predicted octanol–water partition coefficient (Wildman–Crippen LogP) is 5.64. The van der Waals surface area contributed by atoms with Crippen LogP contribution in [0.5, 0.6) is 0 Å². The van der Waals surface area contributed by atoms with Crippen LogP contribution in [0, 0.1) is 5.82 Å². The third-order valence-corrected chi connectivity index (χ3v) is 8.25. The van der Waals surface area contributed by atoms with Crippen LogP contribution in [0.2, 0.25) is 5.02 Å². The fraction of sp³-hybridized carbons (Fsp3) is 0.286. The molecule has 7 nitrogen and oxygen atoms in total. The molecule has 0 aromatic heterocycles. The number of nitrogens with zero attached hydrogens (tertiary/aromatic N) is 2. The molecular formula is C28H28ClF4N3O4S. The molecule has 220 valence electrons. The molecule has 0 radical (unpaired) electrons. The Morgan fingerprint density at radius 1 is 0.976 bits per heavy atom. The number of anilines is 1. The van der Waals surface area contributed by atoms with Gasteiger partial charge in [0, 0.05) is 13.1 Å². The van der Waals surface area contributed by atoms with Gasteiger partial charge >= 0.3 is 6.18 Å². The van der Waals surface area contributed by atoms with Crippen molar-refractivity contribution in [1.82, 2.24) is 10.2 Å². The second kappa shape index (κ2) is 13.3. The summed E-state index contributed by atoms with van der Waals surface area (Å²) in [6.45, 7) is 2.40. The zero-order valence-electron chi connectivity index (χ0n) is 22.2. The van der Waals surface area contributed by atoms with Crippen molar-refractivity contribution in [3.8, 4) is 0 Å². The van der Waals surface area contributed by atoms with Crippen molar-refractivity contribution in [3.63, 3.8) is 0 Å². The minimum atomic E-state index is -4.83. The maximum Gasteiger partial charge on any atom is 0.416 e. The number of carbonyl (C=O) groups excluding carboxylic acids is 2. The summed E-state index contributed by atoms with van der Waals surface area (Å²) in [5, 5.41) is 2.29. The normalized spacial score (nSPS) is 12.5. The minimum Gasteiger partial charge on any atom is -0.355 e. The number of amides is 2. The van der Waals surface area contributed by atoms with Gasteiger partial charge in [-0.25, -0.2) is 12.8 Å². The molecular weight excluding hydrogens is 586 g/mol. The summed E-state index contributed by atoms with van der Waals surface area (Å²) in [5.74, 6) is -1.93. The van der Waals surface area contributed by atoms with E-state index < -0.39 is 57.7 Å². The summed E-state index contributed by atoms with van der Waals surface area (Å²) in [5.41, 5.74) is -1.29. The zero-order valence-corrected chi connectivity index (χ0v) is 23.7. The Bertz CT molecular complexity index is 1470. The van der Waals surface area contributed by atoms with E-state index in [1.54, 1.807) is 19.9 Å². The van der Waals surface area contributed by atoms with Gasteiger partial charge in [0.1, 0.15) is 18.4 Å². The van der Waals surface area contributed by atoms with Crippen LogP contribution in [-0.4, -0.2) is 44.3 Å². The van der Waals surface area contributed by atoms with E-state index in [2.05, 4.69) is 5.32 Å². The van der Waals surface area contributed by atoms with Gasteiger partial charge in [-0.2, -0.15) is 13.2 Å². The maximum atomic E-state index is 13.9. The first-order chi connectivity index (χ1) is 19.3. The van der Waals surface area contributed by atoms with E-state index in [9.17, 15) is 35.6 Å². The molecule has 41 heavy (non-hydrogen) atoms. The predicted molar refractivity (Wildman–Crippen MR) is 147 cm³/mol. The van der Waals surface area contributed by atoms with Crippen LogP contribution in [0.15, 0.2) is 77.7 Å². The monoisotopic (exact) mass is 613 g/mol. The summed E-state index contributed by atoms with van der Waals surface area (Å²) in [6, 6.07) is 13.1.